The van der Waals surface area contributed by atoms with Crippen LogP contribution in [0.2, 0.25) is 0 Å². The molecular weight excluding hydrogens is 326 g/mol. The molecule has 6 nitrogen and oxygen atoms in total. The maximum Gasteiger partial charge on any atom is 0.134 e. The second-order valence-corrected chi connectivity index (χ2v) is 7.03. The molecule has 4 rings (SSSR count). The van der Waals surface area contributed by atoms with Crippen molar-refractivity contribution in [2.45, 2.75) is 25.5 Å². The van der Waals surface area contributed by atoms with E-state index >= 15 is 0 Å². The molecule has 1 N–H and O–H groups in total. The van der Waals surface area contributed by atoms with Crippen molar-refractivity contribution in [3.63, 3.8) is 0 Å². The number of anilines is 2. The average Bonchev–Trinajstić information content (AvgIpc) is 3.22. The Morgan fingerprint density at radius 3 is 2.69 bits per heavy atom. The largest absolute Gasteiger partial charge is 0.376 e. The monoisotopic (exact) mass is 353 g/mol. The van der Waals surface area contributed by atoms with Crippen LogP contribution < -0.4 is 10.2 Å². The molecule has 1 aromatic heterocycles. The first kappa shape index (κ1) is 17.2. The van der Waals surface area contributed by atoms with Crippen LogP contribution in [0.1, 0.15) is 18.4 Å². The lowest BCUT2D eigenvalue weighted by Crippen LogP contribution is -2.46. The number of nitrogens with one attached hydrogen (secondary N) is 1. The first-order valence-electron chi connectivity index (χ1n) is 9.55. The molecule has 2 saturated heterocycles. The fourth-order valence-electron chi connectivity index (χ4n) is 3.62. The lowest BCUT2D eigenvalue weighted by molar-refractivity contribution is 0.120. The number of benzene rings is 1. The number of hydrogen-bond donors (Lipinski definition) is 1. The van der Waals surface area contributed by atoms with Crippen molar-refractivity contribution < 1.29 is 4.74 Å². The van der Waals surface area contributed by atoms with Gasteiger partial charge in [0.25, 0.3) is 0 Å². The summed E-state index contributed by atoms with van der Waals surface area (Å²) in [6, 6.07) is 12.7. The van der Waals surface area contributed by atoms with E-state index in [1.54, 1.807) is 6.33 Å². The number of rotatable bonds is 6. The Bertz CT molecular complexity index is 682. The highest BCUT2D eigenvalue weighted by molar-refractivity contribution is 5.48. The Balaban J connectivity index is 1.29. The quantitative estimate of drug-likeness (QED) is 0.861. The van der Waals surface area contributed by atoms with Gasteiger partial charge in [0.05, 0.1) is 6.10 Å². The fraction of sp³-hybridized carbons (Fsp3) is 0.500. The van der Waals surface area contributed by atoms with Crippen molar-refractivity contribution in [2.24, 2.45) is 0 Å². The van der Waals surface area contributed by atoms with Crippen molar-refractivity contribution in [2.75, 3.05) is 49.5 Å². The van der Waals surface area contributed by atoms with Gasteiger partial charge in [0.1, 0.15) is 18.0 Å². The lowest BCUT2D eigenvalue weighted by atomic mass is 10.2. The molecule has 2 aliphatic heterocycles. The summed E-state index contributed by atoms with van der Waals surface area (Å²) in [4.78, 5) is 13.7. The van der Waals surface area contributed by atoms with Gasteiger partial charge in [-0.25, -0.2) is 9.97 Å². The van der Waals surface area contributed by atoms with Gasteiger partial charge in [-0.3, -0.25) is 4.90 Å². The standard InChI is InChI=1S/C20H27N5O/c1-2-5-17(6-3-1)15-24-8-10-25(11-9-24)20-13-19(22-16-23-20)21-14-18-7-4-12-26-18/h1-3,5-6,13,16,18H,4,7-12,14-15H2,(H,21,22,23). The summed E-state index contributed by atoms with van der Waals surface area (Å²) in [7, 11) is 0. The molecule has 3 heterocycles. The minimum absolute atomic E-state index is 0.315. The van der Waals surface area contributed by atoms with E-state index in [0.717, 1.165) is 70.4 Å². The van der Waals surface area contributed by atoms with E-state index in [4.69, 9.17) is 4.74 Å². The minimum Gasteiger partial charge on any atom is -0.376 e. The van der Waals surface area contributed by atoms with E-state index in [9.17, 15) is 0 Å². The van der Waals surface area contributed by atoms with Gasteiger partial charge in [0.2, 0.25) is 0 Å². The van der Waals surface area contributed by atoms with Gasteiger partial charge >= 0.3 is 0 Å². The third-order valence-corrected chi connectivity index (χ3v) is 5.13. The number of piperazine rings is 1. The molecule has 6 heteroatoms. The van der Waals surface area contributed by atoms with Crippen LogP contribution >= 0.6 is 0 Å². The second kappa shape index (κ2) is 8.47. The lowest BCUT2D eigenvalue weighted by Gasteiger charge is -2.35. The van der Waals surface area contributed by atoms with Crippen LogP contribution in [0, 0.1) is 0 Å². The van der Waals surface area contributed by atoms with Gasteiger partial charge in [0.15, 0.2) is 0 Å². The van der Waals surface area contributed by atoms with Crippen molar-refractivity contribution >= 4 is 11.6 Å². The molecule has 138 valence electrons. The smallest absolute Gasteiger partial charge is 0.134 e. The maximum absolute atomic E-state index is 5.66. The third kappa shape index (κ3) is 4.51. The predicted molar refractivity (Wildman–Crippen MR) is 103 cm³/mol. The molecule has 1 aromatic carbocycles. The first-order chi connectivity index (χ1) is 12.9. The fourth-order valence-corrected chi connectivity index (χ4v) is 3.62. The second-order valence-electron chi connectivity index (χ2n) is 7.03. The van der Waals surface area contributed by atoms with Crippen LogP contribution in [-0.4, -0.2) is 60.3 Å². The molecule has 0 aliphatic carbocycles. The number of ether oxygens (including phenoxy) is 1. The molecular formula is C20H27N5O. The molecule has 0 bridgehead atoms. The summed E-state index contributed by atoms with van der Waals surface area (Å²) in [6.07, 6.45) is 4.27. The van der Waals surface area contributed by atoms with Crippen molar-refractivity contribution in [1.82, 2.24) is 14.9 Å². The topological polar surface area (TPSA) is 53.5 Å². The molecule has 2 aromatic rings. The molecule has 0 spiro atoms. The summed E-state index contributed by atoms with van der Waals surface area (Å²) in [6.45, 7) is 6.82. The first-order valence-corrected chi connectivity index (χ1v) is 9.55. The van der Waals surface area contributed by atoms with Gasteiger partial charge in [-0.1, -0.05) is 30.3 Å². The van der Waals surface area contributed by atoms with Crippen LogP contribution in [0.3, 0.4) is 0 Å². The highest BCUT2D eigenvalue weighted by Crippen LogP contribution is 2.18. The van der Waals surface area contributed by atoms with Gasteiger partial charge in [-0.2, -0.15) is 0 Å². The normalized spacial score (nSPS) is 21.1. The molecule has 0 radical (unpaired) electrons. The zero-order valence-electron chi connectivity index (χ0n) is 15.2. The number of hydrogen-bond acceptors (Lipinski definition) is 6. The SMILES string of the molecule is c1ccc(CN2CCN(c3cc(NCC4CCCO4)ncn3)CC2)cc1. The summed E-state index contributed by atoms with van der Waals surface area (Å²) >= 11 is 0. The van der Waals surface area contributed by atoms with Gasteiger partial charge in [0, 0.05) is 51.9 Å². The summed E-state index contributed by atoms with van der Waals surface area (Å²) in [5.41, 5.74) is 1.38. The zero-order chi connectivity index (χ0) is 17.6. The Morgan fingerprint density at radius 2 is 1.92 bits per heavy atom. The van der Waals surface area contributed by atoms with Crippen molar-refractivity contribution in [3.05, 3.63) is 48.3 Å². The number of nitrogens with zero attached hydrogens (tertiary/aromatic N) is 4. The Morgan fingerprint density at radius 1 is 1.08 bits per heavy atom. The van der Waals surface area contributed by atoms with Gasteiger partial charge < -0.3 is 15.0 Å². The molecule has 26 heavy (non-hydrogen) atoms. The summed E-state index contributed by atoms with van der Waals surface area (Å²) in [5, 5.41) is 3.39. The summed E-state index contributed by atoms with van der Waals surface area (Å²) < 4.78 is 5.66. The number of aromatic nitrogens is 2. The Labute approximate surface area is 155 Å². The molecule has 0 saturated carbocycles. The van der Waals surface area contributed by atoms with Crippen LogP contribution in [0.25, 0.3) is 0 Å². The van der Waals surface area contributed by atoms with E-state index in [0.29, 0.717) is 6.10 Å². The van der Waals surface area contributed by atoms with Crippen LogP contribution in [0.15, 0.2) is 42.7 Å². The van der Waals surface area contributed by atoms with Crippen molar-refractivity contribution in [1.29, 1.82) is 0 Å². The van der Waals surface area contributed by atoms with E-state index in [-0.39, 0.29) is 0 Å². The average molecular weight is 353 g/mol. The molecule has 1 atom stereocenters. The van der Waals surface area contributed by atoms with E-state index in [2.05, 4.69) is 61.5 Å². The Hall–Kier alpha value is -2.18. The van der Waals surface area contributed by atoms with Crippen LogP contribution in [-0.2, 0) is 11.3 Å². The predicted octanol–water partition coefficient (Wildman–Crippen LogP) is 2.39. The van der Waals surface area contributed by atoms with Crippen molar-refractivity contribution in [3.8, 4) is 0 Å². The van der Waals surface area contributed by atoms with E-state index in [1.807, 2.05) is 0 Å². The van der Waals surface area contributed by atoms with Crippen LogP contribution in [0.4, 0.5) is 11.6 Å². The maximum atomic E-state index is 5.66. The van der Waals surface area contributed by atoms with Gasteiger partial charge in [-0.05, 0) is 18.4 Å². The molecule has 0 amide bonds. The third-order valence-electron chi connectivity index (χ3n) is 5.13. The van der Waals surface area contributed by atoms with E-state index < -0.39 is 0 Å². The minimum atomic E-state index is 0.315. The molecule has 1 unspecified atom stereocenters. The highest BCUT2D eigenvalue weighted by atomic mass is 16.5. The molecule has 2 fully saturated rings. The molecule has 2 aliphatic rings. The van der Waals surface area contributed by atoms with Crippen LogP contribution in [0.5, 0.6) is 0 Å². The van der Waals surface area contributed by atoms with Gasteiger partial charge in [-0.15, -0.1) is 0 Å². The summed E-state index contributed by atoms with van der Waals surface area (Å²) in [5.74, 6) is 1.89. The Kier molecular flexibility index (Phi) is 5.62. The van der Waals surface area contributed by atoms with E-state index in [1.165, 1.54) is 5.56 Å². The zero-order valence-corrected chi connectivity index (χ0v) is 15.2. The highest BCUT2D eigenvalue weighted by Gasteiger charge is 2.19.